The summed E-state index contributed by atoms with van der Waals surface area (Å²) in [5, 5.41) is 21.5. The predicted octanol–water partition coefficient (Wildman–Crippen LogP) is 2.39. The molecule has 2 aromatic rings. The SMILES string of the molecule is CC(C)(C)c1n[nH]c(=S)n(/N=C/c2ccccc2[N+](=O)[O-])c1=O. The van der Waals surface area contributed by atoms with Crippen molar-refractivity contribution in [3.05, 3.63) is 60.8 Å². The molecule has 0 aliphatic carbocycles. The molecule has 1 aromatic carbocycles. The molecule has 0 fully saturated rings. The number of aromatic amines is 1. The number of para-hydroxylation sites is 1. The van der Waals surface area contributed by atoms with E-state index >= 15 is 0 Å². The van der Waals surface area contributed by atoms with E-state index in [4.69, 9.17) is 12.2 Å². The molecule has 0 bridgehead atoms. The Hall–Kier alpha value is -2.68. The third-order valence-electron chi connectivity index (χ3n) is 3.01. The van der Waals surface area contributed by atoms with Crippen LogP contribution in [0.3, 0.4) is 0 Å². The van der Waals surface area contributed by atoms with Gasteiger partial charge in [-0.25, -0.2) is 0 Å². The van der Waals surface area contributed by atoms with Gasteiger partial charge >= 0.3 is 0 Å². The lowest BCUT2D eigenvalue weighted by Gasteiger charge is -2.16. The van der Waals surface area contributed by atoms with Crippen LogP contribution in [0.5, 0.6) is 0 Å². The highest BCUT2D eigenvalue weighted by Gasteiger charge is 2.21. The van der Waals surface area contributed by atoms with Crippen molar-refractivity contribution >= 4 is 24.1 Å². The second-order valence-electron chi connectivity index (χ2n) is 5.80. The van der Waals surface area contributed by atoms with E-state index < -0.39 is 15.9 Å². The smallest absolute Gasteiger partial charge is 0.265 e. The lowest BCUT2D eigenvalue weighted by atomic mass is 9.93. The standard InChI is InChI=1S/C14H15N5O3S/c1-14(2,3)11-12(20)18(13(23)17-16-11)15-8-9-6-4-5-7-10(9)19(21)22/h4-8H,1-3H3,(H,17,23)/b15-8+. The van der Waals surface area contributed by atoms with Gasteiger partial charge in [-0.15, -0.1) is 0 Å². The number of hydrogen-bond donors (Lipinski definition) is 1. The highest BCUT2D eigenvalue weighted by atomic mass is 32.1. The maximum Gasteiger partial charge on any atom is 0.297 e. The van der Waals surface area contributed by atoms with E-state index in [1.165, 1.54) is 18.3 Å². The molecule has 0 aliphatic rings. The molecule has 0 amide bonds. The second-order valence-corrected chi connectivity index (χ2v) is 6.19. The Morgan fingerprint density at radius 2 is 2.04 bits per heavy atom. The summed E-state index contributed by atoms with van der Waals surface area (Å²) in [6, 6.07) is 6.09. The number of aromatic nitrogens is 3. The third-order valence-corrected chi connectivity index (χ3v) is 3.27. The summed E-state index contributed by atoms with van der Waals surface area (Å²) in [5.74, 6) is 0. The normalized spacial score (nSPS) is 11.8. The van der Waals surface area contributed by atoms with Gasteiger partial charge < -0.3 is 0 Å². The molecule has 0 radical (unpaired) electrons. The molecule has 0 spiro atoms. The van der Waals surface area contributed by atoms with Crippen LogP contribution in [-0.2, 0) is 5.41 Å². The van der Waals surface area contributed by atoms with Crippen molar-refractivity contribution in [1.82, 2.24) is 14.9 Å². The van der Waals surface area contributed by atoms with Crippen molar-refractivity contribution < 1.29 is 4.92 Å². The highest BCUT2D eigenvalue weighted by Crippen LogP contribution is 2.16. The number of rotatable bonds is 3. The van der Waals surface area contributed by atoms with Crippen LogP contribution in [0, 0.1) is 14.9 Å². The minimum absolute atomic E-state index is 0.0119. The maximum absolute atomic E-state index is 12.4. The van der Waals surface area contributed by atoms with Gasteiger partial charge in [-0.3, -0.25) is 20.0 Å². The number of nitro groups is 1. The summed E-state index contributed by atoms with van der Waals surface area (Å²) < 4.78 is 0.984. The highest BCUT2D eigenvalue weighted by molar-refractivity contribution is 7.71. The first-order chi connectivity index (χ1) is 10.7. The van der Waals surface area contributed by atoms with Gasteiger partial charge in [0.15, 0.2) is 0 Å². The molecule has 1 N–H and O–H groups in total. The lowest BCUT2D eigenvalue weighted by molar-refractivity contribution is -0.385. The van der Waals surface area contributed by atoms with E-state index in [9.17, 15) is 14.9 Å². The summed E-state index contributed by atoms with van der Waals surface area (Å²) >= 11 is 5.02. The molecule has 1 heterocycles. The minimum atomic E-state index is -0.516. The summed E-state index contributed by atoms with van der Waals surface area (Å²) in [6.07, 6.45) is 1.23. The van der Waals surface area contributed by atoms with Crippen molar-refractivity contribution in [2.24, 2.45) is 5.10 Å². The Kier molecular flexibility index (Phi) is 4.50. The van der Waals surface area contributed by atoms with Crippen LogP contribution < -0.4 is 5.56 Å². The summed E-state index contributed by atoms with van der Waals surface area (Å²) in [6.45, 7) is 5.51. The average molecular weight is 333 g/mol. The monoisotopic (exact) mass is 333 g/mol. The zero-order chi connectivity index (χ0) is 17.2. The van der Waals surface area contributed by atoms with E-state index in [1.54, 1.807) is 12.1 Å². The van der Waals surface area contributed by atoms with Gasteiger partial charge in [-0.2, -0.15) is 14.9 Å². The van der Waals surface area contributed by atoms with E-state index in [0.717, 1.165) is 4.68 Å². The Labute approximate surface area is 136 Å². The van der Waals surface area contributed by atoms with Gasteiger partial charge in [0.05, 0.1) is 16.7 Å². The predicted molar refractivity (Wildman–Crippen MR) is 88.5 cm³/mol. The van der Waals surface area contributed by atoms with E-state index in [1.807, 2.05) is 20.8 Å². The fourth-order valence-corrected chi connectivity index (χ4v) is 2.04. The molecule has 9 heteroatoms. The first-order valence-corrected chi connectivity index (χ1v) is 7.12. The van der Waals surface area contributed by atoms with Gasteiger partial charge in [0.25, 0.3) is 11.2 Å². The van der Waals surface area contributed by atoms with E-state index in [2.05, 4.69) is 15.3 Å². The molecule has 0 atom stereocenters. The molecule has 1 aromatic heterocycles. The van der Waals surface area contributed by atoms with E-state index in [0.29, 0.717) is 0 Å². The minimum Gasteiger partial charge on any atom is -0.265 e. The summed E-state index contributed by atoms with van der Waals surface area (Å²) in [4.78, 5) is 22.9. The van der Waals surface area contributed by atoms with Crippen molar-refractivity contribution in [2.45, 2.75) is 26.2 Å². The van der Waals surface area contributed by atoms with Crippen molar-refractivity contribution in [3.63, 3.8) is 0 Å². The Bertz CT molecular complexity index is 892. The van der Waals surface area contributed by atoms with Crippen LogP contribution in [0.2, 0.25) is 0 Å². The molecule has 0 unspecified atom stereocenters. The van der Waals surface area contributed by atoms with Crippen LogP contribution >= 0.6 is 12.2 Å². The van der Waals surface area contributed by atoms with Crippen LogP contribution in [0.1, 0.15) is 32.0 Å². The third kappa shape index (κ3) is 3.57. The van der Waals surface area contributed by atoms with E-state index in [-0.39, 0.29) is 21.7 Å². The number of nitro benzene ring substituents is 1. The molecule has 0 saturated heterocycles. The molecule has 120 valence electrons. The van der Waals surface area contributed by atoms with Crippen molar-refractivity contribution in [3.8, 4) is 0 Å². The molecule has 0 saturated carbocycles. The zero-order valence-electron chi connectivity index (χ0n) is 12.8. The Morgan fingerprint density at radius 3 is 2.65 bits per heavy atom. The largest absolute Gasteiger partial charge is 0.297 e. The first-order valence-electron chi connectivity index (χ1n) is 6.72. The fraction of sp³-hybridized carbons (Fsp3) is 0.286. The number of nitrogens with zero attached hydrogens (tertiary/aromatic N) is 4. The van der Waals surface area contributed by atoms with Crippen LogP contribution in [-0.4, -0.2) is 26.0 Å². The van der Waals surface area contributed by atoms with Gasteiger partial charge in [0.2, 0.25) is 4.77 Å². The van der Waals surface area contributed by atoms with Gasteiger partial charge in [0, 0.05) is 11.5 Å². The molecule has 8 nitrogen and oxygen atoms in total. The van der Waals surface area contributed by atoms with Crippen LogP contribution in [0.4, 0.5) is 5.69 Å². The summed E-state index contributed by atoms with van der Waals surface area (Å²) in [5.41, 5.74) is -0.522. The number of nitrogens with one attached hydrogen (secondary N) is 1. The topological polar surface area (TPSA) is 106 Å². The Morgan fingerprint density at radius 1 is 1.39 bits per heavy atom. The van der Waals surface area contributed by atoms with Crippen LogP contribution in [0.15, 0.2) is 34.2 Å². The maximum atomic E-state index is 12.4. The number of H-pyrrole nitrogens is 1. The molecular formula is C14H15N5O3S. The number of benzene rings is 1. The Balaban J connectivity index is 2.56. The molecule has 2 rings (SSSR count). The van der Waals surface area contributed by atoms with Crippen molar-refractivity contribution in [2.75, 3.05) is 0 Å². The fourth-order valence-electron chi connectivity index (χ4n) is 1.87. The average Bonchev–Trinajstić information content (AvgIpc) is 2.45. The lowest BCUT2D eigenvalue weighted by Crippen LogP contribution is -2.32. The van der Waals surface area contributed by atoms with Crippen LogP contribution in [0.25, 0.3) is 0 Å². The zero-order valence-corrected chi connectivity index (χ0v) is 13.6. The molecular weight excluding hydrogens is 318 g/mol. The number of hydrogen-bond acceptors (Lipinski definition) is 6. The quantitative estimate of drug-likeness (QED) is 0.402. The van der Waals surface area contributed by atoms with Gasteiger partial charge in [-0.1, -0.05) is 32.9 Å². The molecule has 23 heavy (non-hydrogen) atoms. The summed E-state index contributed by atoms with van der Waals surface area (Å²) in [7, 11) is 0. The van der Waals surface area contributed by atoms with Crippen molar-refractivity contribution in [1.29, 1.82) is 0 Å². The van der Waals surface area contributed by atoms with Gasteiger partial charge in [0.1, 0.15) is 5.69 Å². The van der Waals surface area contributed by atoms with Gasteiger partial charge in [-0.05, 0) is 18.3 Å². The molecule has 0 aliphatic heterocycles. The second kappa shape index (κ2) is 6.21. The first kappa shape index (κ1) is 16.7.